The van der Waals surface area contributed by atoms with Crippen LogP contribution in [0.25, 0.3) is 10.9 Å². The zero-order chi connectivity index (χ0) is 25.9. The number of hydrogen-bond acceptors (Lipinski definition) is 4. The third kappa shape index (κ3) is 5.83. The van der Waals surface area contributed by atoms with Gasteiger partial charge in [0.25, 0.3) is 0 Å². The molecule has 1 unspecified atom stereocenters. The molecule has 0 spiro atoms. The van der Waals surface area contributed by atoms with Gasteiger partial charge in [0.2, 0.25) is 11.8 Å². The summed E-state index contributed by atoms with van der Waals surface area (Å²) in [4.78, 5) is 34.9. The van der Waals surface area contributed by atoms with Crippen LogP contribution < -0.4 is 11.1 Å². The van der Waals surface area contributed by atoms with Crippen LogP contribution in [-0.4, -0.2) is 51.9 Å². The molecule has 1 aliphatic heterocycles. The van der Waals surface area contributed by atoms with E-state index < -0.39 is 0 Å². The van der Waals surface area contributed by atoms with Crippen LogP contribution >= 0.6 is 11.6 Å². The lowest BCUT2D eigenvalue weighted by Crippen LogP contribution is -2.54. The average molecular weight is 522 g/mol. The number of amides is 2. The minimum Gasteiger partial charge on any atom is -0.368 e. The topological polar surface area (TPSA) is 104 Å². The van der Waals surface area contributed by atoms with Gasteiger partial charge >= 0.3 is 0 Å². The first-order valence-electron chi connectivity index (χ1n) is 13.4. The number of primary amides is 1. The van der Waals surface area contributed by atoms with Gasteiger partial charge in [-0.3, -0.25) is 14.6 Å². The highest BCUT2D eigenvalue weighted by Crippen LogP contribution is 2.37. The Kier molecular flexibility index (Phi) is 7.81. The van der Waals surface area contributed by atoms with Crippen LogP contribution in [0.5, 0.6) is 0 Å². The minimum absolute atomic E-state index is 0.104. The fourth-order valence-electron chi connectivity index (χ4n) is 6.11. The number of aromatic nitrogens is 2. The smallest absolute Gasteiger partial charge is 0.234 e. The molecule has 2 fully saturated rings. The van der Waals surface area contributed by atoms with Crippen molar-refractivity contribution in [2.24, 2.45) is 11.7 Å². The van der Waals surface area contributed by atoms with Gasteiger partial charge in [-0.2, -0.15) is 0 Å². The Morgan fingerprint density at radius 1 is 1.16 bits per heavy atom. The molecule has 3 aromatic rings. The molecule has 0 radical (unpaired) electrons. The lowest BCUT2D eigenvalue weighted by Gasteiger charge is -2.38. The van der Waals surface area contributed by atoms with Gasteiger partial charge in [0, 0.05) is 53.6 Å². The maximum Gasteiger partial charge on any atom is 0.234 e. The van der Waals surface area contributed by atoms with Gasteiger partial charge in [0.1, 0.15) is 0 Å². The number of hydrogen-bond donors (Lipinski definition) is 3. The van der Waals surface area contributed by atoms with Gasteiger partial charge in [-0.1, -0.05) is 23.7 Å². The van der Waals surface area contributed by atoms with Crippen LogP contribution in [-0.2, 0) is 16.0 Å². The van der Waals surface area contributed by atoms with E-state index in [-0.39, 0.29) is 29.8 Å². The summed E-state index contributed by atoms with van der Waals surface area (Å²) in [5.74, 6) is 0.463. The van der Waals surface area contributed by atoms with Gasteiger partial charge < -0.3 is 20.9 Å². The number of halogens is 1. The Labute approximate surface area is 223 Å². The number of likely N-dealkylation sites (tertiary alicyclic amines) is 1. The normalized spacial score (nSPS) is 21.7. The molecular formula is C29H36ClN5O2. The van der Waals surface area contributed by atoms with Crippen molar-refractivity contribution in [1.82, 2.24) is 20.2 Å². The summed E-state index contributed by atoms with van der Waals surface area (Å²) in [5.41, 5.74) is 10.3. The SMILES string of the molecule is Cc1ccc(CC(=O)N2CCC(C(NC3CCC(c4c[nH]c5ccncc45)CC3)C(N)=O)CC2)cc1Cl. The highest BCUT2D eigenvalue weighted by atomic mass is 35.5. The van der Waals surface area contributed by atoms with E-state index in [1.165, 1.54) is 10.9 Å². The summed E-state index contributed by atoms with van der Waals surface area (Å²) in [7, 11) is 0. The number of rotatable bonds is 7. The highest BCUT2D eigenvalue weighted by molar-refractivity contribution is 6.31. The lowest BCUT2D eigenvalue weighted by atomic mass is 9.80. The molecule has 1 aliphatic carbocycles. The van der Waals surface area contributed by atoms with E-state index in [4.69, 9.17) is 17.3 Å². The van der Waals surface area contributed by atoms with E-state index in [0.29, 0.717) is 30.5 Å². The van der Waals surface area contributed by atoms with Gasteiger partial charge in [-0.05, 0) is 86.1 Å². The lowest BCUT2D eigenvalue weighted by molar-refractivity contribution is -0.132. The van der Waals surface area contributed by atoms with Crippen molar-refractivity contribution in [3.05, 3.63) is 64.6 Å². The number of pyridine rings is 1. The number of H-pyrrole nitrogens is 1. The molecule has 0 bridgehead atoms. The van der Waals surface area contributed by atoms with Crippen molar-refractivity contribution >= 4 is 34.3 Å². The number of nitrogens with two attached hydrogens (primary N) is 1. The third-order valence-electron chi connectivity index (χ3n) is 8.36. The van der Waals surface area contributed by atoms with Crippen LogP contribution in [0.15, 0.2) is 42.9 Å². The number of carbonyl (C=O) groups is 2. The summed E-state index contributed by atoms with van der Waals surface area (Å²) >= 11 is 6.22. The number of carbonyl (C=O) groups excluding carboxylic acids is 2. The molecule has 1 saturated carbocycles. The zero-order valence-electron chi connectivity index (χ0n) is 21.4. The molecule has 5 rings (SSSR count). The molecule has 37 heavy (non-hydrogen) atoms. The van der Waals surface area contributed by atoms with E-state index in [2.05, 4.69) is 21.5 Å². The van der Waals surface area contributed by atoms with Crippen LogP contribution in [0, 0.1) is 12.8 Å². The first-order valence-corrected chi connectivity index (χ1v) is 13.8. The van der Waals surface area contributed by atoms with Crippen molar-refractivity contribution in [1.29, 1.82) is 0 Å². The molecule has 196 valence electrons. The Bertz CT molecular complexity index is 1260. The average Bonchev–Trinajstić information content (AvgIpc) is 3.34. The first-order chi connectivity index (χ1) is 17.9. The number of aryl methyl sites for hydroxylation is 1. The number of nitrogens with zero attached hydrogens (tertiary/aromatic N) is 2. The summed E-state index contributed by atoms with van der Waals surface area (Å²) in [6.07, 6.45) is 11.9. The first kappa shape index (κ1) is 25.7. The van der Waals surface area contributed by atoms with E-state index in [1.807, 2.05) is 48.5 Å². The molecule has 1 aromatic carbocycles. The van der Waals surface area contributed by atoms with Crippen molar-refractivity contribution < 1.29 is 9.59 Å². The summed E-state index contributed by atoms with van der Waals surface area (Å²) in [6.45, 7) is 3.25. The van der Waals surface area contributed by atoms with Gasteiger partial charge in [-0.25, -0.2) is 0 Å². The molecule has 2 aromatic heterocycles. The van der Waals surface area contributed by atoms with Gasteiger partial charge in [-0.15, -0.1) is 0 Å². The number of aromatic amines is 1. The maximum absolute atomic E-state index is 12.9. The van der Waals surface area contributed by atoms with E-state index >= 15 is 0 Å². The largest absolute Gasteiger partial charge is 0.368 e. The maximum atomic E-state index is 12.9. The summed E-state index contributed by atoms with van der Waals surface area (Å²) < 4.78 is 0. The van der Waals surface area contributed by atoms with Crippen molar-refractivity contribution in [3.8, 4) is 0 Å². The fraction of sp³-hybridized carbons (Fsp3) is 0.483. The van der Waals surface area contributed by atoms with Crippen LogP contribution in [0.2, 0.25) is 5.02 Å². The Balaban J connectivity index is 1.12. The van der Waals surface area contributed by atoms with Crippen LogP contribution in [0.1, 0.15) is 61.1 Å². The number of fused-ring (bicyclic) bond motifs is 1. The summed E-state index contributed by atoms with van der Waals surface area (Å²) in [5, 5.41) is 5.51. The molecule has 4 N–H and O–H groups in total. The Morgan fingerprint density at radius 2 is 1.92 bits per heavy atom. The fourth-order valence-corrected chi connectivity index (χ4v) is 6.32. The Morgan fingerprint density at radius 3 is 2.62 bits per heavy atom. The molecule has 3 heterocycles. The molecular weight excluding hydrogens is 486 g/mol. The second kappa shape index (κ2) is 11.2. The minimum atomic E-state index is -0.355. The third-order valence-corrected chi connectivity index (χ3v) is 8.77. The monoisotopic (exact) mass is 521 g/mol. The van der Waals surface area contributed by atoms with E-state index in [1.54, 1.807) is 0 Å². The predicted octanol–water partition coefficient (Wildman–Crippen LogP) is 4.48. The van der Waals surface area contributed by atoms with Crippen molar-refractivity contribution in [2.45, 2.75) is 69.9 Å². The van der Waals surface area contributed by atoms with Crippen LogP contribution in [0.4, 0.5) is 0 Å². The van der Waals surface area contributed by atoms with E-state index in [0.717, 1.165) is 55.2 Å². The molecule has 7 nitrogen and oxygen atoms in total. The van der Waals surface area contributed by atoms with Crippen molar-refractivity contribution in [2.75, 3.05) is 13.1 Å². The molecule has 1 saturated heterocycles. The second-order valence-electron chi connectivity index (χ2n) is 10.7. The number of piperidine rings is 1. The predicted molar refractivity (Wildman–Crippen MR) is 146 cm³/mol. The standard InChI is InChI=1S/C29H36ClN5O2/c1-18-2-3-19(14-25(18)30)15-27(36)35-12-9-21(10-13-35)28(29(31)37)34-22-6-4-20(5-7-22)23-17-33-26-8-11-32-16-24(23)26/h2-3,8,11,14,16-17,20-22,28,33-34H,4-7,9-10,12-13,15H2,1H3,(H2,31,37). The molecule has 2 aliphatic rings. The molecule has 8 heteroatoms. The van der Waals surface area contributed by atoms with E-state index in [9.17, 15) is 9.59 Å². The second-order valence-corrected chi connectivity index (χ2v) is 11.1. The molecule has 1 atom stereocenters. The summed E-state index contributed by atoms with van der Waals surface area (Å²) in [6, 6.07) is 7.73. The Hall–Kier alpha value is -2.90. The highest BCUT2D eigenvalue weighted by Gasteiger charge is 2.34. The van der Waals surface area contributed by atoms with Gasteiger partial charge in [0.05, 0.1) is 12.5 Å². The quantitative estimate of drug-likeness (QED) is 0.426. The number of benzene rings is 1. The molecule has 2 amide bonds. The zero-order valence-corrected chi connectivity index (χ0v) is 22.1. The number of nitrogens with one attached hydrogen (secondary N) is 2. The van der Waals surface area contributed by atoms with Crippen molar-refractivity contribution in [3.63, 3.8) is 0 Å². The van der Waals surface area contributed by atoms with Gasteiger partial charge in [0.15, 0.2) is 0 Å². The van der Waals surface area contributed by atoms with Crippen LogP contribution in [0.3, 0.4) is 0 Å².